The number of aromatic amines is 1. The van der Waals surface area contributed by atoms with Gasteiger partial charge >= 0.3 is 0 Å². The minimum atomic E-state index is -0.185. The molecule has 2 rings (SSSR count). The van der Waals surface area contributed by atoms with Crippen LogP contribution >= 0.6 is 0 Å². The molecule has 1 aromatic heterocycles. The topological polar surface area (TPSA) is 73.9 Å². The van der Waals surface area contributed by atoms with Gasteiger partial charge in [0.15, 0.2) is 0 Å². The van der Waals surface area contributed by atoms with Crippen LogP contribution in [-0.4, -0.2) is 46.3 Å². The molecule has 124 valence electrons. The third-order valence-corrected chi connectivity index (χ3v) is 3.82. The van der Waals surface area contributed by atoms with Crippen molar-refractivity contribution in [1.82, 2.24) is 20.1 Å². The number of nitrogens with one attached hydrogen (secondary N) is 2. The third-order valence-electron chi connectivity index (χ3n) is 3.82. The lowest BCUT2D eigenvalue weighted by Crippen LogP contribution is -2.26. The fourth-order valence-corrected chi connectivity index (χ4v) is 2.39. The summed E-state index contributed by atoms with van der Waals surface area (Å²) in [6, 6.07) is 9.79. The first kappa shape index (κ1) is 17.1. The van der Waals surface area contributed by atoms with Crippen molar-refractivity contribution in [2.75, 3.05) is 31.5 Å². The lowest BCUT2D eigenvalue weighted by Gasteiger charge is -2.17. The van der Waals surface area contributed by atoms with Crippen LogP contribution in [0.25, 0.3) is 0 Å². The Hall–Kier alpha value is -2.21. The molecule has 23 heavy (non-hydrogen) atoms. The number of benzene rings is 1. The molecule has 0 bridgehead atoms. The zero-order valence-corrected chi connectivity index (χ0v) is 13.9. The van der Waals surface area contributed by atoms with Crippen LogP contribution in [0.1, 0.15) is 31.5 Å². The predicted molar refractivity (Wildman–Crippen MR) is 92.8 cm³/mol. The van der Waals surface area contributed by atoms with Crippen LogP contribution in [0.5, 0.6) is 0 Å². The first-order chi connectivity index (χ1) is 11.2. The maximum atomic E-state index is 12.1. The van der Waals surface area contributed by atoms with Crippen molar-refractivity contribution in [2.45, 2.75) is 26.7 Å². The molecule has 0 saturated heterocycles. The number of aromatic nitrogens is 3. The summed E-state index contributed by atoms with van der Waals surface area (Å²) in [5, 5.41) is 11.2. The maximum absolute atomic E-state index is 12.1. The molecule has 0 radical (unpaired) electrons. The summed E-state index contributed by atoms with van der Waals surface area (Å²) in [6.07, 6.45) is 1.49. The van der Waals surface area contributed by atoms with Crippen LogP contribution in [0.3, 0.4) is 0 Å². The molecule has 0 aliphatic heterocycles. The molecule has 0 saturated carbocycles. The monoisotopic (exact) mass is 315 g/mol. The average Bonchev–Trinajstić information content (AvgIpc) is 2.58. The summed E-state index contributed by atoms with van der Waals surface area (Å²) in [5.74, 6) is 0.436. The summed E-state index contributed by atoms with van der Waals surface area (Å²) in [5.41, 5.74) is 1.30. The SMILES string of the molecule is CCN(CC)CCCNc1nnc(Cc2ccccc2)c(=O)[nH]1. The van der Waals surface area contributed by atoms with Gasteiger partial charge in [-0.2, -0.15) is 0 Å². The van der Waals surface area contributed by atoms with E-state index >= 15 is 0 Å². The molecule has 2 N–H and O–H groups in total. The Morgan fingerprint density at radius 1 is 1.13 bits per heavy atom. The number of H-pyrrole nitrogens is 1. The molecule has 1 heterocycles. The van der Waals surface area contributed by atoms with Crippen molar-refractivity contribution in [1.29, 1.82) is 0 Å². The minimum absolute atomic E-state index is 0.185. The van der Waals surface area contributed by atoms with Crippen molar-refractivity contribution >= 4 is 5.95 Å². The highest BCUT2D eigenvalue weighted by atomic mass is 16.1. The molecule has 0 unspecified atom stereocenters. The van der Waals surface area contributed by atoms with E-state index < -0.39 is 0 Å². The van der Waals surface area contributed by atoms with E-state index in [0.717, 1.165) is 38.2 Å². The van der Waals surface area contributed by atoms with Gasteiger partial charge < -0.3 is 10.2 Å². The molecule has 0 atom stereocenters. The predicted octanol–water partition coefficient (Wildman–Crippen LogP) is 1.90. The highest BCUT2D eigenvalue weighted by Crippen LogP contribution is 2.03. The maximum Gasteiger partial charge on any atom is 0.274 e. The van der Waals surface area contributed by atoms with Gasteiger partial charge in [0.25, 0.3) is 5.56 Å². The molecule has 6 heteroatoms. The summed E-state index contributed by atoms with van der Waals surface area (Å²) < 4.78 is 0. The van der Waals surface area contributed by atoms with E-state index in [1.165, 1.54) is 0 Å². The third kappa shape index (κ3) is 5.49. The smallest absolute Gasteiger partial charge is 0.274 e. The Balaban J connectivity index is 1.86. The molecule has 0 aliphatic rings. The van der Waals surface area contributed by atoms with E-state index in [0.29, 0.717) is 18.1 Å². The number of hydrogen-bond acceptors (Lipinski definition) is 5. The van der Waals surface area contributed by atoms with Crippen LogP contribution < -0.4 is 10.9 Å². The molecule has 0 aliphatic carbocycles. The molecule has 2 aromatic rings. The van der Waals surface area contributed by atoms with Crippen LogP contribution in [-0.2, 0) is 6.42 Å². The lowest BCUT2D eigenvalue weighted by atomic mass is 10.1. The van der Waals surface area contributed by atoms with Gasteiger partial charge in [0.1, 0.15) is 5.69 Å². The largest absolute Gasteiger partial charge is 0.354 e. The van der Waals surface area contributed by atoms with Crippen molar-refractivity contribution < 1.29 is 0 Å². The minimum Gasteiger partial charge on any atom is -0.354 e. The van der Waals surface area contributed by atoms with Gasteiger partial charge in [-0.3, -0.25) is 9.78 Å². The average molecular weight is 315 g/mol. The van der Waals surface area contributed by atoms with E-state index in [-0.39, 0.29) is 5.56 Å². The molecule has 0 fully saturated rings. The second-order valence-electron chi connectivity index (χ2n) is 5.42. The van der Waals surface area contributed by atoms with Gasteiger partial charge in [-0.05, 0) is 31.6 Å². The van der Waals surface area contributed by atoms with Gasteiger partial charge in [0.2, 0.25) is 5.95 Å². The Morgan fingerprint density at radius 3 is 2.52 bits per heavy atom. The van der Waals surface area contributed by atoms with Gasteiger partial charge in [-0.25, -0.2) is 0 Å². The van der Waals surface area contributed by atoms with E-state index in [1.54, 1.807) is 0 Å². The molecule has 0 amide bonds. The number of hydrogen-bond donors (Lipinski definition) is 2. The van der Waals surface area contributed by atoms with Gasteiger partial charge in [-0.15, -0.1) is 10.2 Å². The van der Waals surface area contributed by atoms with Crippen LogP contribution in [0.15, 0.2) is 35.1 Å². The van der Waals surface area contributed by atoms with Crippen molar-refractivity contribution in [3.63, 3.8) is 0 Å². The molecular weight excluding hydrogens is 290 g/mol. The standard InChI is InChI=1S/C17H25N5O/c1-3-22(4-2)12-8-11-18-17-19-16(23)15(20-21-17)13-14-9-6-5-7-10-14/h5-7,9-10H,3-4,8,11-13H2,1-2H3,(H2,18,19,21,23). The van der Waals surface area contributed by atoms with E-state index in [2.05, 4.69) is 39.2 Å². The second kappa shape index (κ2) is 9.05. The van der Waals surface area contributed by atoms with Crippen molar-refractivity contribution in [3.8, 4) is 0 Å². The van der Waals surface area contributed by atoms with Crippen LogP contribution in [0, 0.1) is 0 Å². The Bertz CT molecular complexity index is 637. The number of nitrogens with zero attached hydrogens (tertiary/aromatic N) is 3. The summed E-state index contributed by atoms with van der Waals surface area (Å²) in [7, 11) is 0. The fraction of sp³-hybridized carbons (Fsp3) is 0.471. The van der Waals surface area contributed by atoms with Crippen LogP contribution in [0.4, 0.5) is 5.95 Å². The second-order valence-corrected chi connectivity index (χ2v) is 5.42. The highest BCUT2D eigenvalue weighted by Gasteiger charge is 2.06. The summed E-state index contributed by atoms with van der Waals surface area (Å²) >= 11 is 0. The Labute approximate surface area is 137 Å². The highest BCUT2D eigenvalue weighted by molar-refractivity contribution is 5.24. The molecular formula is C17H25N5O. The van der Waals surface area contributed by atoms with E-state index in [9.17, 15) is 4.79 Å². The van der Waals surface area contributed by atoms with Gasteiger partial charge in [0, 0.05) is 13.0 Å². The Kier molecular flexibility index (Phi) is 6.75. The normalized spacial score (nSPS) is 10.9. The summed E-state index contributed by atoms with van der Waals surface area (Å²) in [4.78, 5) is 17.2. The quantitative estimate of drug-likeness (QED) is 0.691. The fourth-order valence-electron chi connectivity index (χ4n) is 2.39. The number of anilines is 1. The summed E-state index contributed by atoms with van der Waals surface area (Å²) in [6.45, 7) is 8.22. The zero-order chi connectivity index (χ0) is 16.5. The lowest BCUT2D eigenvalue weighted by molar-refractivity contribution is 0.303. The van der Waals surface area contributed by atoms with E-state index in [4.69, 9.17) is 0 Å². The first-order valence-corrected chi connectivity index (χ1v) is 8.19. The van der Waals surface area contributed by atoms with Gasteiger partial charge in [0.05, 0.1) is 0 Å². The Morgan fingerprint density at radius 2 is 1.87 bits per heavy atom. The van der Waals surface area contributed by atoms with E-state index in [1.807, 2.05) is 30.3 Å². The molecule has 0 spiro atoms. The number of rotatable bonds is 9. The molecule has 6 nitrogen and oxygen atoms in total. The van der Waals surface area contributed by atoms with Crippen molar-refractivity contribution in [2.24, 2.45) is 0 Å². The molecule has 1 aromatic carbocycles. The van der Waals surface area contributed by atoms with Crippen molar-refractivity contribution in [3.05, 3.63) is 51.9 Å². The zero-order valence-electron chi connectivity index (χ0n) is 13.9. The van der Waals surface area contributed by atoms with Crippen LogP contribution in [0.2, 0.25) is 0 Å². The van der Waals surface area contributed by atoms with Gasteiger partial charge in [-0.1, -0.05) is 44.2 Å². The first-order valence-electron chi connectivity index (χ1n) is 8.19.